The zero-order valence-corrected chi connectivity index (χ0v) is 17.4. The van der Waals surface area contributed by atoms with Crippen LogP contribution < -0.4 is 9.47 Å². The Hall–Kier alpha value is -3.23. The summed E-state index contributed by atoms with van der Waals surface area (Å²) in [5, 5.41) is 0. The standard InChI is InChI=1S/C22H22F3N3O3/c1-13-12-27(8-9-28(13)14(2)29)21-17-11-16(30-3)5-7-19(17)31-20-6-4-15(22(23,24)25)10-18(20)26-21/h4-7,10-11,13H,8-9,12H2,1-3H3/t13-/m0/s1. The number of aliphatic imine (C=N–C) groups is 1. The number of nitrogens with zero attached hydrogens (tertiary/aromatic N) is 3. The molecule has 0 radical (unpaired) electrons. The molecule has 6 nitrogen and oxygen atoms in total. The van der Waals surface area contributed by atoms with Gasteiger partial charge < -0.3 is 19.3 Å². The van der Waals surface area contributed by atoms with E-state index >= 15 is 0 Å². The maximum absolute atomic E-state index is 13.3. The van der Waals surface area contributed by atoms with Crippen LogP contribution in [0.1, 0.15) is 25.0 Å². The van der Waals surface area contributed by atoms with Crippen LogP contribution in [0.4, 0.5) is 18.9 Å². The smallest absolute Gasteiger partial charge is 0.416 e. The molecule has 31 heavy (non-hydrogen) atoms. The van der Waals surface area contributed by atoms with Gasteiger partial charge in [-0.3, -0.25) is 4.79 Å². The molecule has 0 aliphatic carbocycles. The van der Waals surface area contributed by atoms with E-state index in [1.807, 2.05) is 11.8 Å². The van der Waals surface area contributed by atoms with Gasteiger partial charge in [0.25, 0.3) is 0 Å². The molecule has 0 N–H and O–H groups in total. The molecule has 0 aromatic heterocycles. The Balaban J connectivity index is 1.82. The molecule has 9 heteroatoms. The highest BCUT2D eigenvalue weighted by Crippen LogP contribution is 2.42. The van der Waals surface area contributed by atoms with Crippen molar-refractivity contribution in [3.63, 3.8) is 0 Å². The van der Waals surface area contributed by atoms with Crippen molar-refractivity contribution in [1.82, 2.24) is 9.80 Å². The number of amides is 1. The fourth-order valence-electron chi connectivity index (χ4n) is 3.92. The highest BCUT2D eigenvalue weighted by atomic mass is 19.4. The number of ether oxygens (including phenoxy) is 2. The highest BCUT2D eigenvalue weighted by Gasteiger charge is 2.34. The molecule has 0 saturated carbocycles. The number of alkyl halides is 3. The number of rotatable bonds is 1. The van der Waals surface area contributed by atoms with Gasteiger partial charge in [0, 0.05) is 32.6 Å². The van der Waals surface area contributed by atoms with E-state index in [-0.39, 0.29) is 23.4 Å². The second-order valence-corrected chi connectivity index (χ2v) is 7.59. The molecule has 4 rings (SSSR count). The second kappa shape index (κ2) is 7.79. The number of fused-ring (bicyclic) bond motifs is 2. The first-order valence-electron chi connectivity index (χ1n) is 9.85. The Morgan fingerprint density at radius 3 is 2.55 bits per heavy atom. The van der Waals surface area contributed by atoms with Gasteiger partial charge in [0.1, 0.15) is 23.0 Å². The SMILES string of the molecule is COc1ccc2c(c1)C(N1CCN(C(C)=O)[C@@H](C)C1)=Nc1cc(C(F)(F)F)ccc1O2. The van der Waals surface area contributed by atoms with Crippen LogP contribution in [0.2, 0.25) is 0 Å². The maximum atomic E-state index is 13.3. The van der Waals surface area contributed by atoms with E-state index < -0.39 is 11.7 Å². The lowest BCUT2D eigenvalue weighted by Gasteiger charge is -2.40. The first-order valence-corrected chi connectivity index (χ1v) is 9.85. The molecule has 0 spiro atoms. The minimum absolute atomic E-state index is 0.0134. The Morgan fingerprint density at radius 2 is 1.90 bits per heavy atom. The first-order chi connectivity index (χ1) is 14.7. The van der Waals surface area contributed by atoms with Crippen molar-refractivity contribution in [3.8, 4) is 17.2 Å². The van der Waals surface area contributed by atoms with Crippen molar-refractivity contribution in [2.45, 2.75) is 26.1 Å². The van der Waals surface area contributed by atoms with E-state index in [1.165, 1.54) is 20.1 Å². The summed E-state index contributed by atoms with van der Waals surface area (Å²) in [6, 6.07) is 8.38. The van der Waals surface area contributed by atoms with Crippen LogP contribution in [0.5, 0.6) is 17.2 Å². The van der Waals surface area contributed by atoms with E-state index in [0.29, 0.717) is 42.5 Å². The molecule has 1 saturated heterocycles. The third kappa shape index (κ3) is 4.04. The summed E-state index contributed by atoms with van der Waals surface area (Å²) in [6.45, 7) is 4.93. The van der Waals surface area contributed by atoms with Gasteiger partial charge >= 0.3 is 6.18 Å². The zero-order chi connectivity index (χ0) is 22.3. The molecule has 164 valence electrons. The van der Waals surface area contributed by atoms with Crippen molar-refractivity contribution in [1.29, 1.82) is 0 Å². The van der Waals surface area contributed by atoms with Gasteiger partial charge in [-0.1, -0.05) is 0 Å². The zero-order valence-electron chi connectivity index (χ0n) is 17.4. The maximum Gasteiger partial charge on any atom is 0.416 e. The molecule has 0 bridgehead atoms. The normalized spacial score (nSPS) is 18.4. The lowest BCUT2D eigenvalue weighted by atomic mass is 10.1. The van der Waals surface area contributed by atoms with Crippen molar-refractivity contribution in [3.05, 3.63) is 47.5 Å². The Morgan fingerprint density at radius 1 is 1.16 bits per heavy atom. The summed E-state index contributed by atoms with van der Waals surface area (Å²) >= 11 is 0. The average Bonchev–Trinajstić information content (AvgIpc) is 2.88. The largest absolute Gasteiger partial charge is 0.497 e. The summed E-state index contributed by atoms with van der Waals surface area (Å²) in [4.78, 5) is 20.2. The minimum atomic E-state index is -4.49. The van der Waals surface area contributed by atoms with Gasteiger partial charge in [0.15, 0.2) is 5.75 Å². The van der Waals surface area contributed by atoms with Gasteiger partial charge in [-0.25, -0.2) is 4.99 Å². The summed E-state index contributed by atoms with van der Waals surface area (Å²) in [7, 11) is 1.54. The number of hydrogen-bond donors (Lipinski definition) is 0. The van der Waals surface area contributed by atoms with E-state index in [4.69, 9.17) is 9.47 Å². The molecule has 2 aliphatic rings. The van der Waals surface area contributed by atoms with E-state index in [2.05, 4.69) is 4.99 Å². The average molecular weight is 433 g/mol. The topological polar surface area (TPSA) is 54.4 Å². The van der Waals surface area contributed by atoms with Crippen LogP contribution >= 0.6 is 0 Å². The molecule has 1 atom stereocenters. The number of halogens is 3. The van der Waals surface area contributed by atoms with Gasteiger partial charge in [-0.05, 0) is 43.3 Å². The molecule has 2 aromatic carbocycles. The Labute approximate surface area is 177 Å². The number of methoxy groups -OCH3 is 1. The predicted octanol–water partition coefficient (Wildman–Crippen LogP) is 4.45. The number of hydrogen-bond acceptors (Lipinski definition) is 5. The quantitative estimate of drug-likeness (QED) is 0.667. The Bertz CT molecular complexity index is 1050. The van der Waals surface area contributed by atoms with Crippen LogP contribution in [0.15, 0.2) is 41.4 Å². The molecule has 1 fully saturated rings. The first kappa shape index (κ1) is 21.0. The highest BCUT2D eigenvalue weighted by molar-refractivity contribution is 6.04. The van der Waals surface area contributed by atoms with Crippen LogP contribution in [-0.2, 0) is 11.0 Å². The van der Waals surface area contributed by atoms with Crippen molar-refractivity contribution >= 4 is 17.4 Å². The summed E-state index contributed by atoms with van der Waals surface area (Å²) in [5.74, 6) is 1.76. The minimum Gasteiger partial charge on any atom is -0.497 e. The number of amidine groups is 1. The van der Waals surface area contributed by atoms with Gasteiger partial charge in [-0.2, -0.15) is 13.2 Å². The molecule has 1 amide bonds. The summed E-state index contributed by atoms with van der Waals surface area (Å²) < 4.78 is 51.2. The van der Waals surface area contributed by atoms with Crippen LogP contribution in [0.25, 0.3) is 0 Å². The lowest BCUT2D eigenvalue weighted by Crippen LogP contribution is -2.55. The number of piperazine rings is 1. The third-order valence-corrected chi connectivity index (χ3v) is 5.49. The van der Waals surface area contributed by atoms with Crippen molar-refractivity contribution in [2.24, 2.45) is 4.99 Å². The van der Waals surface area contributed by atoms with Crippen molar-refractivity contribution < 1.29 is 27.4 Å². The third-order valence-electron chi connectivity index (χ3n) is 5.49. The molecule has 2 heterocycles. The number of carbonyl (C=O) groups excluding carboxylic acids is 1. The summed E-state index contributed by atoms with van der Waals surface area (Å²) in [6.07, 6.45) is -4.49. The molecular formula is C22H22F3N3O3. The van der Waals surface area contributed by atoms with Crippen LogP contribution in [-0.4, -0.2) is 54.3 Å². The van der Waals surface area contributed by atoms with E-state index in [0.717, 1.165) is 12.1 Å². The molecule has 0 unspecified atom stereocenters. The fraction of sp³-hybridized carbons (Fsp3) is 0.364. The Kier molecular flexibility index (Phi) is 5.28. The number of benzene rings is 2. The van der Waals surface area contributed by atoms with E-state index in [9.17, 15) is 18.0 Å². The lowest BCUT2D eigenvalue weighted by molar-refractivity contribution is -0.137. The van der Waals surface area contributed by atoms with Crippen LogP contribution in [0.3, 0.4) is 0 Å². The molecule has 2 aliphatic heterocycles. The van der Waals surface area contributed by atoms with E-state index in [1.54, 1.807) is 23.1 Å². The van der Waals surface area contributed by atoms with Gasteiger partial charge in [0.05, 0.1) is 18.2 Å². The fourth-order valence-corrected chi connectivity index (χ4v) is 3.92. The molecular weight excluding hydrogens is 411 g/mol. The second-order valence-electron chi connectivity index (χ2n) is 7.59. The van der Waals surface area contributed by atoms with Gasteiger partial charge in [-0.15, -0.1) is 0 Å². The summed E-state index contributed by atoms with van der Waals surface area (Å²) in [5.41, 5.74) is -0.0783. The van der Waals surface area contributed by atoms with Crippen molar-refractivity contribution in [2.75, 3.05) is 26.7 Å². The molecule has 2 aromatic rings. The predicted molar refractivity (Wildman–Crippen MR) is 109 cm³/mol. The van der Waals surface area contributed by atoms with Crippen LogP contribution in [0, 0.1) is 0 Å². The van der Waals surface area contributed by atoms with Gasteiger partial charge in [0.2, 0.25) is 5.91 Å². The monoisotopic (exact) mass is 433 g/mol. The number of carbonyl (C=O) groups is 1.